The zero-order valence-corrected chi connectivity index (χ0v) is 8.98. The highest BCUT2D eigenvalue weighted by atomic mass is 35.5. The van der Waals surface area contributed by atoms with Crippen molar-refractivity contribution in [1.82, 2.24) is 10.3 Å². The third-order valence-electron chi connectivity index (χ3n) is 2.09. The van der Waals surface area contributed by atoms with Gasteiger partial charge in [0.25, 0.3) is 0 Å². The van der Waals surface area contributed by atoms with Gasteiger partial charge in [0.1, 0.15) is 5.15 Å². The highest BCUT2D eigenvalue weighted by molar-refractivity contribution is 6.32. The van der Waals surface area contributed by atoms with E-state index in [1.807, 2.05) is 0 Å². The normalized spacial score (nSPS) is 22.3. The lowest BCUT2D eigenvalue weighted by molar-refractivity contribution is 0.0756. The molecule has 3 nitrogen and oxygen atoms in total. The topological polar surface area (TPSA) is 34.1 Å². The second-order valence-corrected chi connectivity index (χ2v) is 3.88. The van der Waals surface area contributed by atoms with Crippen LogP contribution in [0.3, 0.4) is 0 Å². The van der Waals surface area contributed by atoms with E-state index in [1.54, 1.807) is 12.1 Å². The molecule has 1 aliphatic rings. The molecule has 0 saturated carbocycles. The molecule has 1 aromatic heterocycles. The predicted octanol–water partition coefficient (Wildman–Crippen LogP) is 2.05. The number of rotatable bonds is 1. The van der Waals surface area contributed by atoms with E-state index in [0.29, 0.717) is 16.8 Å². The maximum atomic E-state index is 6.01. The summed E-state index contributed by atoms with van der Waals surface area (Å²) in [7, 11) is 0. The van der Waals surface area contributed by atoms with Crippen molar-refractivity contribution in [2.24, 2.45) is 0 Å². The molecule has 5 heteroatoms. The van der Waals surface area contributed by atoms with E-state index >= 15 is 0 Å². The lowest BCUT2D eigenvalue weighted by Crippen LogP contribution is -2.35. The first kappa shape index (κ1) is 10.2. The van der Waals surface area contributed by atoms with E-state index in [2.05, 4.69) is 10.3 Å². The molecule has 0 radical (unpaired) electrons. The maximum absolute atomic E-state index is 6.01. The minimum atomic E-state index is 0.0509. The molecule has 1 fully saturated rings. The molecular weight excluding hydrogens is 223 g/mol. The first-order valence-electron chi connectivity index (χ1n) is 4.40. The Kier molecular flexibility index (Phi) is 3.23. The van der Waals surface area contributed by atoms with Gasteiger partial charge in [0, 0.05) is 6.54 Å². The molecule has 0 aromatic carbocycles. The van der Waals surface area contributed by atoms with Gasteiger partial charge < -0.3 is 10.1 Å². The van der Waals surface area contributed by atoms with Crippen molar-refractivity contribution in [3.8, 4) is 0 Å². The van der Waals surface area contributed by atoms with Crippen LogP contribution in [0.5, 0.6) is 0 Å². The minimum absolute atomic E-state index is 0.0509. The Bertz CT molecular complexity index is 327. The predicted molar refractivity (Wildman–Crippen MR) is 55.8 cm³/mol. The molecule has 1 aromatic rings. The summed E-state index contributed by atoms with van der Waals surface area (Å²) < 4.78 is 5.33. The molecule has 76 valence electrons. The van der Waals surface area contributed by atoms with E-state index in [-0.39, 0.29) is 6.04 Å². The van der Waals surface area contributed by atoms with Gasteiger partial charge in [0.15, 0.2) is 0 Å². The molecule has 0 amide bonds. The largest absolute Gasteiger partial charge is 0.378 e. The third-order valence-corrected chi connectivity index (χ3v) is 2.62. The molecular formula is C9H10Cl2N2O. The Hall–Kier alpha value is -0.350. The van der Waals surface area contributed by atoms with Crippen molar-refractivity contribution in [1.29, 1.82) is 0 Å². The third kappa shape index (κ3) is 2.17. The Morgan fingerprint density at radius 3 is 3.00 bits per heavy atom. The number of pyridine rings is 1. The highest BCUT2D eigenvalue weighted by Crippen LogP contribution is 2.24. The smallest absolute Gasteiger partial charge is 0.129 e. The molecule has 2 heterocycles. The molecule has 14 heavy (non-hydrogen) atoms. The van der Waals surface area contributed by atoms with Crippen LogP contribution in [0.1, 0.15) is 11.7 Å². The summed E-state index contributed by atoms with van der Waals surface area (Å²) in [6.45, 7) is 2.14. The second-order valence-electron chi connectivity index (χ2n) is 3.08. The van der Waals surface area contributed by atoms with Gasteiger partial charge >= 0.3 is 0 Å². The van der Waals surface area contributed by atoms with Gasteiger partial charge in [-0.3, -0.25) is 0 Å². The molecule has 0 spiro atoms. The van der Waals surface area contributed by atoms with Gasteiger partial charge in [0.05, 0.1) is 30.0 Å². The van der Waals surface area contributed by atoms with Crippen LogP contribution in [0.4, 0.5) is 0 Å². The minimum Gasteiger partial charge on any atom is -0.378 e. The number of ether oxygens (including phenoxy) is 1. The van der Waals surface area contributed by atoms with Crippen LogP contribution in [-0.2, 0) is 4.74 Å². The first-order chi connectivity index (χ1) is 6.77. The molecule has 2 rings (SSSR count). The van der Waals surface area contributed by atoms with Gasteiger partial charge in [-0.2, -0.15) is 0 Å². The Morgan fingerprint density at radius 2 is 2.29 bits per heavy atom. The summed E-state index contributed by atoms with van der Waals surface area (Å²) in [5.41, 5.74) is 0.763. The summed E-state index contributed by atoms with van der Waals surface area (Å²) >= 11 is 11.8. The summed E-state index contributed by atoms with van der Waals surface area (Å²) in [6.07, 6.45) is 0. The number of hydrogen-bond donors (Lipinski definition) is 1. The second kappa shape index (κ2) is 4.45. The number of morpholine rings is 1. The van der Waals surface area contributed by atoms with Crippen LogP contribution in [0.25, 0.3) is 0 Å². The SMILES string of the molecule is Clc1ccc(Cl)c(C2COCCN2)n1. The Labute approximate surface area is 92.4 Å². The van der Waals surface area contributed by atoms with Gasteiger partial charge in [0.2, 0.25) is 0 Å². The summed E-state index contributed by atoms with van der Waals surface area (Å²) in [4.78, 5) is 4.19. The van der Waals surface area contributed by atoms with Crippen LogP contribution >= 0.6 is 23.2 Å². The zero-order valence-electron chi connectivity index (χ0n) is 7.46. The fraction of sp³-hybridized carbons (Fsp3) is 0.444. The van der Waals surface area contributed by atoms with Crippen LogP contribution in [0.2, 0.25) is 10.2 Å². The van der Waals surface area contributed by atoms with Crippen LogP contribution in [0.15, 0.2) is 12.1 Å². The molecule has 0 aliphatic carbocycles. The average molecular weight is 233 g/mol. The zero-order chi connectivity index (χ0) is 9.97. The van der Waals surface area contributed by atoms with E-state index in [1.165, 1.54) is 0 Å². The molecule has 1 unspecified atom stereocenters. The van der Waals surface area contributed by atoms with E-state index < -0.39 is 0 Å². The van der Waals surface area contributed by atoms with E-state index in [0.717, 1.165) is 18.8 Å². The number of hydrogen-bond acceptors (Lipinski definition) is 3. The number of aromatic nitrogens is 1. The van der Waals surface area contributed by atoms with Crippen LogP contribution < -0.4 is 5.32 Å². The number of halogens is 2. The molecule has 0 bridgehead atoms. The highest BCUT2D eigenvalue weighted by Gasteiger charge is 2.19. The van der Waals surface area contributed by atoms with Gasteiger partial charge in [-0.05, 0) is 12.1 Å². The van der Waals surface area contributed by atoms with Crippen molar-refractivity contribution >= 4 is 23.2 Å². The van der Waals surface area contributed by atoms with Crippen molar-refractivity contribution in [2.45, 2.75) is 6.04 Å². The standard InChI is InChI=1S/C9H10Cl2N2O/c10-6-1-2-8(11)13-9(6)7-5-14-4-3-12-7/h1-2,7,12H,3-5H2. The van der Waals surface area contributed by atoms with Crippen molar-refractivity contribution in [3.63, 3.8) is 0 Å². The summed E-state index contributed by atoms with van der Waals surface area (Å²) in [6, 6.07) is 3.48. The van der Waals surface area contributed by atoms with Gasteiger partial charge in [-0.1, -0.05) is 23.2 Å². The van der Waals surface area contributed by atoms with Gasteiger partial charge in [-0.15, -0.1) is 0 Å². The number of nitrogens with zero attached hydrogens (tertiary/aromatic N) is 1. The average Bonchev–Trinajstić information content (AvgIpc) is 2.23. The molecule has 1 aliphatic heterocycles. The fourth-order valence-electron chi connectivity index (χ4n) is 1.42. The van der Waals surface area contributed by atoms with Crippen molar-refractivity contribution in [3.05, 3.63) is 28.0 Å². The fourth-order valence-corrected chi connectivity index (χ4v) is 1.81. The molecule has 1 atom stereocenters. The Morgan fingerprint density at radius 1 is 1.43 bits per heavy atom. The van der Waals surface area contributed by atoms with Crippen molar-refractivity contribution < 1.29 is 4.74 Å². The van der Waals surface area contributed by atoms with Crippen molar-refractivity contribution in [2.75, 3.05) is 19.8 Å². The monoisotopic (exact) mass is 232 g/mol. The summed E-state index contributed by atoms with van der Waals surface area (Å²) in [5, 5.41) is 4.35. The van der Waals surface area contributed by atoms with Crippen LogP contribution in [-0.4, -0.2) is 24.7 Å². The van der Waals surface area contributed by atoms with Crippen LogP contribution in [0, 0.1) is 0 Å². The molecule has 1 saturated heterocycles. The van der Waals surface area contributed by atoms with E-state index in [9.17, 15) is 0 Å². The lowest BCUT2D eigenvalue weighted by Gasteiger charge is -2.23. The summed E-state index contributed by atoms with van der Waals surface area (Å²) in [5.74, 6) is 0. The lowest BCUT2D eigenvalue weighted by atomic mass is 10.2. The molecule has 1 N–H and O–H groups in total. The first-order valence-corrected chi connectivity index (χ1v) is 5.16. The number of nitrogens with one attached hydrogen (secondary N) is 1. The van der Waals surface area contributed by atoms with E-state index in [4.69, 9.17) is 27.9 Å². The maximum Gasteiger partial charge on any atom is 0.129 e. The Balaban J connectivity index is 2.24. The van der Waals surface area contributed by atoms with Gasteiger partial charge in [-0.25, -0.2) is 4.98 Å². The quantitative estimate of drug-likeness (QED) is 0.754.